The molecule has 0 spiro atoms. The highest BCUT2D eigenvalue weighted by molar-refractivity contribution is 5.97. The van der Waals surface area contributed by atoms with E-state index < -0.39 is 5.82 Å². The molecule has 4 rings (SSSR count). The minimum atomic E-state index is -0.611. The number of benzene rings is 2. The normalized spacial score (nSPS) is 15.4. The van der Waals surface area contributed by atoms with Gasteiger partial charge in [-0.1, -0.05) is 6.07 Å². The first-order valence-electron chi connectivity index (χ1n) is 8.54. The average Bonchev–Trinajstić information content (AvgIpc) is 2.65. The maximum Gasteiger partial charge on any atom is 0.165 e. The fourth-order valence-electron chi connectivity index (χ4n) is 3.36. The van der Waals surface area contributed by atoms with Crippen LogP contribution in [-0.4, -0.2) is 29.2 Å². The van der Waals surface area contributed by atoms with Crippen molar-refractivity contribution in [1.29, 1.82) is 0 Å². The molecule has 0 unspecified atom stereocenters. The third kappa shape index (κ3) is 3.28. The highest BCUT2D eigenvalue weighted by atomic mass is 19.1. The molecule has 0 atom stereocenters. The Morgan fingerprint density at radius 1 is 1.08 bits per heavy atom. The van der Waals surface area contributed by atoms with Gasteiger partial charge in [-0.2, -0.15) is 0 Å². The van der Waals surface area contributed by atoms with Crippen LogP contribution in [-0.2, 0) is 0 Å². The molecule has 1 aliphatic rings. The lowest BCUT2D eigenvalue weighted by molar-refractivity contribution is 0.432. The molecule has 1 aliphatic heterocycles. The van der Waals surface area contributed by atoms with Crippen LogP contribution in [0.15, 0.2) is 48.8 Å². The zero-order chi connectivity index (χ0) is 17.2. The van der Waals surface area contributed by atoms with Crippen molar-refractivity contribution in [2.75, 3.05) is 18.4 Å². The van der Waals surface area contributed by atoms with E-state index in [2.05, 4.69) is 15.6 Å². The molecule has 128 valence electrons. The Labute approximate surface area is 145 Å². The van der Waals surface area contributed by atoms with Crippen LogP contribution in [0.1, 0.15) is 12.8 Å². The van der Waals surface area contributed by atoms with Gasteiger partial charge in [0, 0.05) is 29.5 Å². The topological polar surface area (TPSA) is 57.2 Å². The number of rotatable bonds is 3. The third-order valence-electron chi connectivity index (χ3n) is 4.74. The standard InChI is InChI=1S/C20H20FN3O/c21-18-10-13(1-2-20(18)25)15-9-14-3-6-23-12-17(14)19(11-15)24-16-4-7-22-8-5-16/h1-3,6,9-12,16,22,24-25H,4-5,7-8H2. The molecule has 0 aliphatic carbocycles. The molecule has 2 aromatic carbocycles. The van der Waals surface area contributed by atoms with Crippen molar-refractivity contribution < 1.29 is 9.50 Å². The number of anilines is 1. The quantitative estimate of drug-likeness (QED) is 0.678. The van der Waals surface area contributed by atoms with Crippen LogP contribution in [0.5, 0.6) is 5.75 Å². The predicted molar refractivity (Wildman–Crippen MR) is 98.3 cm³/mol. The summed E-state index contributed by atoms with van der Waals surface area (Å²) >= 11 is 0. The minimum Gasteiger partial charge on any atom is -0.505 e. The van der Waals surface area contributed by atoms with Crippen molar-refractivity contribution >= 4 is 16.5 Å². The third-order valence-corrected chi connectivity index (χ3v) is 4.74. The first-order valence-corrected chi connectivity index (χ1v) is 8.54. The lowest BCUT2D eigenvalue weighted by Gasteiger charge is -2.25. The molecule has 3 aromatic rings. The first kappa shape index (κ1) is 15.8. The second-order valence-corrected chi connectivity index (χ2v) is 6.46. The number of nitrogens with zero attached hydrogens (tertiary/aromatic N) is 1. The number of piperidine rings is 1. The summed E-state index contributed by atoms with van der Waals surface area (Å²) in [6, 6.07) is 10.9. The monoisotopic (exact) mass is 337 g/mol. The van der Waals surface area contributed by atoms with Crippen LogP contribution in [0.3, 0.4) is 0 Å². The number of aromatic hydroxyl groups is 1. The average molecular weight is 337 g/mol. The lowest BCUT2D eigenvalue weighted by atomic mass is 9.99. The number of nitrogens with one attached hydrogen (secondary N) is 2. The molecule has 3 N–H and O–H groups in total. The Morgan fingerprint density at radius 3 is 2.72 bits per heavy atom. The van der Waals surface area contributed by atoms with Crippen LogP contribution in [0.25, 0.3) is 21.9 Å². The van der Waals surface area contributed by atoms with Gasteiger partial charge in [-0.25, -0.2) is 4.39 Å². The largest absolute Gasteiger partial charge is 0.505 e. The van der Waals surface area contributed by atoms with Crippen molar-refractivity contribution in [2.24, 2.45) is 0 Å². The van der Waals surface area contributed by atoms with Crippen molar-refractivity contribution in [2.45, 2.75) is 18.9 Å². The predicted octanol–water partition coefficient (Wildman–Crippen LogP) is 3.91. The Morgan fingerprint density at radius 2 is 1.92 bits per heavy atom. The van der Waals surface area contributed by atoms with E-state index in [1.165, 1.54) is 12.1 Å². The highest BCUT2D eigenvalue weighted by Gasteiger charge is 2.15. The Bertz CT molecular complexity index is 907. The van der Waals surface area contributed by atoms with Gasteiger partial charge >= 0.3 is 0 Å². The van der Waals surface area contributed by atoms with Crippen molar-refractivity contribution in [3.05, 3.63) is 54.6 Å². The van der Waals surface area contributed by atoms with Gasteiger partial charge in [0.2, 0.25) is 0 Å². The van der Waals surface area contributed by atoms with E-state index >= 15 is 0 Å². The van der Waals surface area contributed by atoms with Crippen LogP contribution in [0, 0.1) is 5.82 Å². The van der Waals surface area contributed by atoms with Gasteiger partial charge < -0.3 is 15.7 Å². The van der Waals surface area contributed by atoms with E-state index in [4.69, 9.17) is 0 Å². The second kappa shape index (κ2) is 6.69. The van der Waals surface area contributed by atoms with E-state index in [0.29, 0.717) is 6.04 Å². The van der Waals surface area contributed by atoms with E-state index in [-0.39, 0.29) is 5.75 Å². The molecule has 0 saturated carbocycles. The first-order chi connectivity index (χ1) is 12.2. The van der Waals surface area contributed by atoms with E-state index in [0.717, 1.165) is 53.5 Å². The number of hydrogen-bond donors (Lipinski definition) is 3. The Kier molecular flexibility index (Phi) is 4.24. The highest BCUT2D eigenvalue weighted by Crippen LogP contribution is 2.33. The SMILES string of the molecule is Oc1ccc(-c2cc(NC3CCNCC3)c3cnccc3c2)cc1F. The second-order valence-electron chi connectivity index (χ2n) is 6.46. The molecule has 2 heterocycles. The summed E-state index contributed by atoms with van der Waals surface area (Å²) in [5, 5.41) is 18.5. The van der Waals surface area contributed by atoms with Crippen molar-refractivity contribution in [3.63, 3.8) is 0 Å². The van der Waals surface area contributed by atoms with Gasteiger partial charge in [-0.3, -0.25) is 4.98 Å². The summed E-state index contributed by atoms with van der Waals surface area (Å²) in [6.07, 6.45) is 5.76. The number of phenols is 1. The summed E-state index contributed by atoms with van der Waals surface area (Å²) in [4.78, 5) is 4.25. The van der Waals surface area contributed by atoms with Crippen LogP contribution in [0.4, 0.5) is 10.1 Å². The van der Waals surface area contributed by atoms with Gasteiger partial charge in [0.15, 0.2) is 11.6 Å². The van der Waals surface area contributed by atoms with Gasteiger partial charge in [0.25, 0.3) is 0 Å². The van der Waals surface area contributed by atoms with Crippen LogP contribution in [0.2, 0.25) is 0 Å². The number of aromatic nitrogens is 1. The minimum absolute atomic E-state index is 0.332. The fraction of sp³-hybridized carbons (Fsp3) is 0.250. The number of fused-ring (bicyclic) bond motifs is 1. The zero-order valence-electron chi connectivity index (χ0n) is 13.8. The maximum absolute atomic E-state index is 13.8. The molecule has 1 aromatic heterocycles. The number of phenolic OH excluding ortho intramolecular Hbond substituents is 1. The summed E-state index contributed by atoms with van der Waals surface area (Å²) in [5.74, 6) is -0.943. The molecule has 4 nitrogen and oxygen atoms in total. The molecule has 1 fully saturated rings. The molecule has 25 heavy (non-hydrogen) atoms. The number of pyridine rings is 1. The van der Waals surface area contributed by atoms with Gasteiger partial charge in [0.05, 0.1) is 0 Å². The van der Waals surface area contributed by atoms with Crippen molar-refractivity contribution in [1.82, 2.24) is 10.3 Å². The number of halogens is 1. The maximum atomic E-state index is 13.8. The van der Waals surface area contributed by atoms with E-state index in [1.807, 2.05) is 24.4 Å². The molecule has 1 saturated heterocycles. The Balaban J connectivity index is 1.78. The molecule has 0 radical (unpaired) electrons. The lowest BCUT2D eigenvalue weighted by Crippen LogP contribution is -2.35. The van der Waals surface area contributed by atoms with Crippen LogP contribution < -0.4 is 10.6 Å². The van der Waals surface area contributed by atoms with Gasteiger partial charge in [0.1, 0.15) is 0 Å². The zero-order valence-corrected chi connectivity index (χ0v) is 13.8. The van der Waals surface area contributed by atoms with E-state index in [1.54, 1.807) is 12.3 Å². The molecule has 0 bridgehead atoms. The fourth-order valence-corrected chi connectivity index (χ4v) is 3.36. The number of hydrogen-bond acceptors (Lipinski definition) is 4. The molecule has 5 heteroatoms. The summed E-state index contributed by atoms with van der Waals surface area (Å²) in [7, 11) is 0. The summed E-state index contributed by atoms with van der Waals surface area (Å²) in [5.41, 5.74) is 2.66. The van der Waals surface area contributed by atoms with Crippen LogP contribution >= 0.6 is 0 Å². The van der Waals surface area contributed by atoms with E-state index in [9.17, 15) is 9.50 Å². The molecule has 0 amide bonds. The van der Waals surface area contributed by atoms with Gasteiger partial charge in [-0.05, 0) is 72.8 Å². The Hall–Kier alpha value is -2.66. The molecular weight excluding hydrogens is 317 g/mol. The smallest absolute Gasteiger partial charge is 0.165 e. The summed E-state index contributed by atoms with van der Waals surface area (Å²) < 4.78 is 13.8. The van der Waals surface area contributed by atoms with Gasteiger partial charge in [-0.15, -0.1) is 0 Å². The molecular formula is C20H20FN3O. The summed E-state index contributed by atoms with van der Waals surface area (Å²) in [6.45, 7) is 2.02. The van der Waals surface area contributed by atoms with Crippen molar-refractivity contribution in [3.8, 4) is 16.9 Å².